The first kappa shape index (κ1) is 11.5. The molecule has 16 heavy (non-hydrogen) atoms. The van der Waals surface area contributed by atoms with Crippen LogP contribution in [0.25, 0.3) is 0 Å². The molecule has 1 fully saturated rings. The summed E-state index contributed by atoms with van der Waals surface area (Å²) in [6, 6.07) is 5.52. The number of aldehydes is 1. The predicted molar refractivity (Wildman–Crippen MR) is 67.5 cm³/mol. The average molecular weight is 238 g/mol. The maximum atomic E-state index is 11.1. The Balaban J connectivity index is 2.44. The summed E-state index contributed by atoms with van der Waals surface area (Å²) in [5, 5.41) is 0.614. The topological polar surface area (TPSA) is 20.3 Å². The van der Waals surface area contributed by atoms with Crippen LogP contribution in [0.15, 0.2) is 18.2 Å². The molecule has 0 aromatic heterocycles. The van der Waals surface area contributed by atoms with Gasteiger partial charge in [-0.25, -0.2) is 0 Å². The van der Waals surface area contributed by atoms with Gasteiger partial charge in [0.05, 0.1) is 0 Å². The number of carbonyl (C=O) groups excluding carboxylic acids is 1. The largest absolute Gasteiger partial charge is 0.366 e. The Hall–Kier alpha value is -1.02. The third kappa shape index (κ3) is 1.94. The van der Waals surface area contributed by atoms with E-state index >= 15 is 0 Å². The lowest BCUT2D eigenvalue weighted by Gasteiger charge is -2.34. The molecule has 0 unspecified atom stereocenters. The second-order valence-corrected chi connectivity index (χ2v) is 5.33. The van der Waals surface area contributed by atoms with E-state index in [1.807, 2.05) is 12.1 Å². The molecular weight excluding hydrogens is 222 g/mol. The van der Waals surface area contributed by atoms with Gasteiger partial charge in [0.2, 0.25) is 0 Å². The molecule has 1 aromatic rings. The fraction of sp³-hybridized carbons (Fsp3) is 0.462. The SMILES string of the molecule is CC1(C)CCCN1c1ccc(Cl)cc1C=O. The first-order valence-electron chi connectivity index (χ1n) is 5.57. The van der Waals surface area contributed by atoms with Crippen LogP contribution in [0.5, 0.6) is 0 Å². The van der Waals surface area contributed by atoms with Gasteiger partial charge in [0.15, 0.2) is 6.29 Å². The molecule has 1 aromatic carbocycles. The Morgan fingerprint density at radius 2 is 2.19 bits per heavy atom. The lowest BCUT2D eigenvalue weighted by atomic mass is 10.0. The van der Waals surface area contributed by atoms with Gasteiger partial charge in [0.25, 0.3) is 0 Å². The Morgan fingerprint density at radius 1 is 1.44 bits per heavy atom. The second-order valence-electron chi connectivity index (χ2n) is 4.89. The van der Waals surface area contributed by atoms with Crippen LogP contribution in [0.3, 0.4) is 0 Å². The molecule has 1 aliphatic heterocycles. The van der Waals surface area contributed by atoms with Crippen LogP contribution >= 0.6 is 11.6 Å². The second kappa shape index (κ2) is 4.10. The number of halogens is 1. The molecule has 0 atom stereocenters. The highest BCUT2D eigenvalue weighted by atomic mass is 35.5. The predicted octanol–water partition coefficient (Wildman–Crippen LogP) is 3.53. The minimum Gasteiger partial charge on any atom is -0.366 e. The van der Waals surface area contributed by atoms with E-state index in [-0.39, 0.29) is 5.54 Å². The molecule has 2 rings (SSSR count). The molecule has 1 saturated heterocycles. The summed E-state index contributed by atoms with van der Waals surface area (Å²) in [6.45, 7) is 5.43. The standard InChI is InChI=1S/C13H16ClNO/c1-13(2)6-3-7-15(13)12-5-4-11(14)8-10(12)9-16/h4-5,8-9H,3,6-7H2,1-2H3. The van der Waals surface area contributed by atoms with Crippen molar-refractivity contribution in [3.05, 3.63) is 28.8 Å². The van der Waals surface area contributed by atoms with Crippen LogP contribution in [-0.4, -0.2) is 18.4 Å². The molecule has 0 radical (unpaired) electrons. The number of rotatable bonds is 2. The smallest absolute Gasteiger partial charge is 0.152 e. The fourth-order valence-corrected chi connectivity index (χ4v) is 2.60. The molecule has 0 spiro atoms. The van der Waals surface area contributed by atoms with Crippen molar-refractivity contribution >= 4 is 23.6 Å². The van der Waals surface area contributed by atoms with Crippen LogP contribution in [0.1, 0.15) is 37.0 Å². The Bertz CT molecular complexity index is 414. The van der Waals surface area contributed by atoms with Gasteiger partial charge in [-0.05, 0) is 44.9 Å². The van der Waals surface area contributed by atoms with Crippen LogP contribution in [-0.2, 0) is 0 Å². The first-order chi connectivity index (χ1) is 7.54. The third-order valence-corrected chi connectivity index (χ3v) is 3.54. The highest BCUT2D eigenvalue weighted by molar-refractivity contribution is 6.31. The van der Waals surface area contributed by atoms with Crippen LogP contribution in [0, 0.1) is 0 Å². The molecule has 0 N–H and O–H groups in total. The quantitative estimate of drug-likeness (QED) is 0.734. The lowest BCUT2D eigenvalue weighted by Crippen LogP contribution is -2.38. The van der Waals surface area contributed by atoms with Crippen molar-refractivity contribution in [2.24, 2.45) is 0 Å². The van der Waals surface area contributed by atoms with Crippen LogP contribution in [0.4, 0.5) is 5.69 Å². The van der Waals surface area contributed by atoms with E-state index in [4.69, 9.17) is 11.6 Å². The van der Waals surface area contributed by atoms with E-state index in [1.54, 1.807) is 6.07 Å². The highest BCUT2D eigenvalue weighted by Crippen LogP contribution is 2.35. The fourth-order valence-electron chi connectivity index (χ4n) is 2.42. The van der Waals surface area contributed by atoms with Crippen molar-refractivity contribution < 1.29 is 4.79 Å². The highest BCUT2D eigenvalue weighted by Gasteiger charge is 2.32. The molecule has 0 bridgehead atoms. The summed E-state index contributed by atoms with van der Waals surface area (Å²) < 4.78 is 0. The van der Waals surface area contributed by atoms with Crippen molar-refractivity contribution in [2.75, 3.05) is 11.4 Å². The zero-order chi connectivity index (χ0) is 11.8. The normalized spacial score (nSPS) is 18.8. The number of anilines is 1. The maximum Gasteiger partial charge on any atom is 0.152 e. The van der Waals surface area contributed by atoms with Crippen molar-refractivity contribution in [2.45, 2.75) is 32.2 Å². The molecule has 0 saturated carbocycles. The minimum atomic E-state index is 0.131. The van der Waals surface area contributed by atoms with Gasteiger partial charge >= 0.3 is 0 Å². The Morgan fingerprint density at radius 3 is 2.75 bits per heavy atom. The number of hydrogen-bond acceptors (Lipinski definition) is 2. The van der Waals surface area contributed by atoms with E-state index in [1.165, 1.54) is 6.42 Å². The third-order valence-electron chi connectivity index (χ3n) is 3.31. The summed E-state index contributed by atoms with van der Waals surface area (Å²) in [4.78, 5) is 13.4. The number of benzene rings is 1. The van der Waals surface area contributed by atoms with Gasteiger partial charge in [-0.3, -0.25) is 4.79 Å². The molecule has 0 amide bonds. The maximum absolute atomic E-state index is 11.1. The van der Waals surface area contributed by atoms with Crippen molar-refractivity contribution in [1.29, 1.82) is 0 Å². The summed E-state index contributed by atoms with van der Waals surface area (Å²) >= 11 is 5.90. The first-order valence-corrected chi connectivity index (χ1v) is 5.95. The van der Waals surface area contributed by atoms with Gasteiger partial charge in [0, 0.05) is 28.4 Å². The molecule has 1 aliphatic rings. The Labute approximate surface area is 101 Å². The molecule has 3 heteroatoms. The summed E-state index contributed by atoms with van der Waals surface area (Å²) in [5.74, 6) is 0. The Kier molecular flexibility index (Phi) is 2.94. The van der Waals surface area contributed by atoms with Gasteiger partial charge in [-0.1, -0.05) is 11.6 Å². The van der Waals surface area contributed by atoms with Crippen molar-refractivity contribution in [1.82, 2.24) is 0 Å². The molecular formula is C13H16ClNO. The van der Waals surface area contributed by atoms with E-state index in [2.05, 4.69) is 18.7 Å². The summed E-state index contributed by atoms with van der Waals surface area (Å²) in [7, 11) is 0. The minimum absolute atomic E-state index is 0.131. The number of carbonyl (C=O) groups is 1. The zero-order valence-electron chi connectivity index (χ0n) is 9.66. The molecule has 2 nitrogen and oxygen atoms in total. The average Bonchev–Trinajstić information content (AvgIpc) is 2.58. The summed E-state index contributed by atoms with van der Waals surface area (Å²) in [6.07, 6.45) is 3.22. The van der Waals surface area contributed by atoms with Crippen LogP contribution in [0.2, 0.25) is 5.02 Å². The monoisotopic (exact) mass is 237 g/mol. The molecule has 1 heterocycles. The van der Waals surface area contributed by atoms with Gasteiger partial charge in [-0.15, -0.1) is 0 Å². The summed E-state index contributed by atoms with van der Waals surface area (Å²) in [5.41, 5.74) is 1.82. The number of hydrogen-bond donors (Lipinski definition) is 0. The number of nitrogens with zero attached hydrogens (tertiary/aromatic N) is 1. The van der Waals surface area contributed by atoms with Gasteiger partial charge in [0.1, 0.15) is 0 Å². The van der Waals surface area contributed by atoms with E-state index in [0.29, 0.717) is 10.6 Å². The van der Waals surface area contributed by atoms with Crippen molar-refractivity contribution in [3.8, 4) is 0 Å². The lowest BCUT2D eigenvalue weighted by molar-refractivity contribution is 0.112. The molecule has 0 aliphatic carbocycles. The zero-order valence-corrected chi connectivity index (χ0v) is 10.4. The van der Waals surface area contributed by atoms with E-state index in [9.17, 15) is 4.79 Å². The van der Waals surface area contributed by atoms with Crippen molar-refractivity contribution in [3.63, 3.8) is 0 Å². The van der Waals surface area contributed by atoms with E-state index in [0.717, 1.165) is 24.9 Å². The molecule has 86 valence electrons. The van der Waals surface area contributed by atoms with Gasteiger partial charge < -0.3 is 4.90 Å². The van der Waals surface area contributed by atoms with Gasteiger partial charge in [-0.2, -0.15) is 0 Å². The van der Waals surface area contributed by atoms with Crippen LogP contribution < -0.4 is 4.90 Å². The van der Waals surface area contributed by atoms with E-state index < -0.39 is 0 Å².